The molecule has 27 heavy (non-hydrogen) atoms. The van der Waals surface area contributed by atoms with Gasteiger partial charge in [-0.1, -0.05) is 42.5 Å². The minimum Gasteiger partial charge on any atom is -0.356 e. The van der Waals surface area contributed by atoms with Crippen molar-refractivity contribution >= 4 is 11.9 Å². The molecule has 1 amide bonds. The molecule has 1 saturated carbocycles. The number of benzene rings is 2. The highest BCUT2D eigenvalue weighted by molar-refractivity contribution is 5.94. The van der Waals surface area contributed by atoms with Crippen LogP contribution < -0.4 is 16.0 Å². The van der Waals surface area contributed by atoms with E-state index in [0.717, 1.165) is 31.0 Å². The molecule has 0 spiro atoms. The number of carbonyl (C=O) groups excluding carboxylic acids is 1. The van der Waals surface area contributed by atoms with Gasteiger partial charge in [-0.25, -0.2) is 0 Å². The van der Waals surface area contributed by atoms with E-state index in [1.165, 1.54) is 12.0 Å². The first-order valence-electron chi connectivity index (χ1n) is 9.51. The van der Waals surface area contributed by atoms with Crippen LogP contribution in [0.3, 0.4) is 0 Å². The Kier molecular flexibility index (Phi) is 6.47. The van der Waals surface area contributed by atoms with Gasteiger partial charge in [-0.15, -0.1) is 0 Å². The predicted octanol–water partition coefficient (Wildman–Crippen LogP) is 2.56. The maximum absolute atomic E-state index is 11.7. The summed E-state index contributed by atoms with van der Waals surface area (Å²) in [6.07, 6.45) is 2.07. The number of hydrogen-bond donors (Lipinski definition) is 3. The predicted molar refractivity (Wildman–Crippen MR) is 110 cm³/mol. The molecule has 0 saturated heterocycles. The van der Waals surface area contributed by atoms with Gasteiger partial charge in [0, 0.05) is 32.7 Å². The normalized spacial score (nSPS) is 18.7. The molecule has 0 aliphatic heterocycles. The highest BCUT2D eigenvalue weighted by atomic mass is 16.1. The van der Waals surface area contributed by atoms with Crippen LogP contribution in [0.25, 0.3) is 0 Å². The first-order valence-corrected chi connectivity index (χ1v) is 9.51. The number of carbonyl (C=O) groups is 1. The molecule has 5 heteroatoms. The van der Waals surface area contributed by atoms with Gasteiger partial charge >= 0.3 is 0 Å². The fraction of sp³-hybridized carbons (Fsp3) is 0.364. The van der Waals surface area contributed by atoms with E-state index in [0.29, 0.717) is 17.4 Å². The first kappa shape index (κ1) is 19.0. The zero-order valence-corrected chi connectivity index (χ0v) is 16.0. The van der Waals surface area contributed by atoms with Crippen molar-refractivity contribution in [1.29, 1.82) is 0 Å². The van der Waals surface area contributed by atoms with E-state index in [4.69, 9.17) is 0 Å². The van der Waals surface area contributed by atoms with Gasteiger partial charge in [0.1, 0.15) is 0 Å². The van der Waals surface area contributed by atoms with Crippen LogP contribution in [0.1, 0.15) is 33.8 Å². The van der Waals surface area contributed by atoms with E-state index >= 15 is 0 Å². The van der Waals surface area contributed by atoms with Gasteiger partial charge in [-0.3, -0.25) is 9.79 Å². The van der Waals surface area contributed by atoms with E-state index in [1.54, 1.807) is 14.1 Å². The number of guanidine groups is 1. The molecule has 0 radical (unpaired) electrons. The molecule has 1 fully saturated rings. The van der Waals surface area contributed by atoms with Crippen molar-refractivity contribution in [2.45, 2.75) is 18.8 Å². The van der Waals surface area contributed by atoms with Crippen LogP contribution in [-0.2, 0) is 6.42 Å². The van der Waals surface area contributed by atoms with Crippen LogP contribution in [0.4, 0.5) is 0 Å². The fourth-order valence-corrected chi connectivity index (χ4v) is 3.37. The summed E-state index contributed by atoms with van der Waals surface area (Å²) in [4.78, 5) is 16.0. The summed E-state index contributed by atoms with van der Waals surface area (Å²) in [7, 11) is 3.44. The molecule has 0 bridgehead atoms. The van der Waals surface area contributed by atoms with Crippen molar-refractivity contribution in [3.63, 3.8) is 0 Å². The first-order chi connectivity index (χ1) is 13.2. The average Bonchev–Trinajstić information content (AvgIpc) is 3.50. The van der Waals surface area contributed by atoms with Crippen molar-refractivity contribution in [1.82, 2.24) is 16.0 Å². The van der Waals surface area contributed by atoms with E-state index in [2.05, 4.69) is 51.3 Å². The largest absolute Gasteiger partial charge is 0.356 e. The van der Waals surface area contributed by atoms with Gasteiger partial charge in [-0.2, -0.15) is 0 Å². The zero-order valence-electron chi connectivity index (χ0n) is 16.0. The van der Waals surface area contributed by atoms with Crippen LogP contribution in [0, 0.1) is 5.92 Å². The van der Waals surface area contributed by atoms with E-state index in [1.807, 2.05) is 24.3 Å². The number of hydrogen-bond acceptors (Lipinski definition) is 2. The second kappa shape index (κ2) is 9.21. The minimum atomic E-state index is -0.0558. The molecule has 2 unspecified atom stereocenters. The van der Waals surface area contributed by atoms with Crippen molar-refractivity contribution in [3.05, 3.63) is 71.3 Å². The maximum Gasteiger partial charge on any atom is 0.251 e. The van der Waals surface area contributed by atoms with Crippen LogP contribution in [0.2, 0.25) is 0 Å². The number of nitrogens with zero attached hydrogens (tertiary/aromatic N) is 1. The summed E-state index contributed by atoms with van der Waals surface area (Å²) in [5.41, 5.74) is 3.26. The Morgan fingerprint density at radius 2 is 1.93 bits per heavy atom. The highest BCUT2D eigenvalue weighted by Crippen LogP contribution is 2.46. The molecule has 0 aromatic heterocycles. The monoisotopic (exact) mass is 364 g/mol. The molecular formula is C22H28N4O. The molecule has 5 nitrogen and oxygen atoms in total. The second-order valence-electron chi connectivity index (χ2n) is 6.92. The van der Waals surface area contributed by atoms with Crippen LogP contribution >= 0.6 is 0 Å². The molecule has 2 aromatic carbocycles. The number of rotatable bonds is 7. The summed E-state index contributed by atoms with van der Waals surface area (Å²) < 4.78 is 0. The summed E-state index contributed by atoms with van der Waals surface area (Å²) in [5.74, 6) is 2.12. The quantitative estimate of drug-likeness (QED) is 0.523. The Hall–Kier alpha value is -2.82. The molecule has 3 N–H and O–H groups in total. The SMILES string of the molecule is CN=C(NCCc1cccc(C(=O)NC)c1)NCC1CC1c1ccccc1. The van der Waals surface area contributed by atoms with Gasteiger partial charge < -0.3 is 16.0 Å². The third-order valence-electron chi connectivity index (χ3n) is 5.03. The molecule has 2 aromatic rings. The van der Waals surface area contributed by atoms with Crippen molar-refractivity contribution in [2.24, 2.45) is 10.9 Å². The van der Waals surface area contributed by atoms with Gasteiger partial charge in [0.2, 0.25) is 0 Å². The summed E-state index contributed by atoms with van der Waals surface area (Å²) in [6, 6.07) is 18.4. The van der Waals surface area contributed by atoms with Gasteiger partial charge in [0.15, 0.2) is 5.96 Å². The van der Waals surface area contributed by atoms with Gasteiger partial charge in [0.05, 0.1) is 0 Å². The molecule has 1 aliphatic carbocycles. The number of amides is 1. The number of nitrogens with one attached hydrogen (secondary N) is 3. The average molecular weight is 364 g/mol. The summed E-state index contributed by atoms with van der Waals surface area (Å²) in [6.45, 7) is 1.70. The fourth-order valence-electron chi connectivity index (χ4n) is 3.37. The van der Waals surface area contributed by atoms with Crippen molar-refractivity contribution < 1.29 is 4.79 Å². The summed E-state index contributed by atoms with van der Waals surface area (Å²) >= 11 is 0. The number of aliphatic imine (C=N–C) groups is 1. The molecule has 0 heterocycles. The van der Waals surface area contributed by atoms with Crippen molar-refractivity contribution in [3.8, 4) is 0 Å². The zero-order chi connectivity index (χ0) is 19.1. The maximum atomic E-state index is 11.7. The van der Waals surface area contributed by atoms with Gasteiger partial charge in [-0.05, 0) is 47.9 Å². The van der Waals surface area contributed by atoms with Crippen LogP contribution in [0.15, 0.2) is 59.6 Å². The molecule has 2 atom stereocenters. The van der Waals surface area contributed by atoms with E-state index in [-0.39, 0.29) is 5.91 Å². The van der Waals surface area contributed by atoms with Gasteiger partial charge in [0.25, 0.3) is 5.91 Å². The molecule has 1 aliphatic rings. The molecular weight excluding hydrogens is 336 g/mol. The Balaban J connectivity index is 1.41. The smallest absolute Gasteiger partial charge is 0.251 e. The summed E-state index contributed by atoms with van der Waals surface area (Å²) in [5, 5.41) is 9.44. The molecule has 3 rings (SSSR count). The Morgan fingerprint density at radius 3 is 2.67 bits per heavy atom. The molecule has 142 valence electrons. The van der Waals surface area contributed by atoms with Crippen LogP contribution in [-0.4, -0.2) is 39.1 Å². The Labute approximate surface area is 161 Å². The Morgan fingerprint density at radius 1 is 1.11 bits per heavy atom. The van der Waals surface area contributed by atoms with Crippen molar-refractivity contribution in [2.75, 3.05) is 27.2 Å². The lowest BCUT2D eigenvalue weighted by Gasteiger charge is -2.12. The second-order valence-corrected chi connectivity index (χ2v) is 6.92. The lowest BCUT2D eigenvalue weighted by molar-refractivity contribution is 0.0963. The lowest BCUT2D eigenvalue weighted by Crippen LogP contribution is -2.39. The Bertz CT molecular complexity index is 788. The highest BCUT2D eigenvalue weighted by Gasteiger charge is 2.37. The standard InChI is InChI=1S/C22H28N4O/c1-23-21(27)18-10-6-7-16(13-18)11-12-25-22(24-2)26-15-19-14-20(19)17-8-4-3-5-9-17/h3-10,13,19-20H,11-12,14-15H2,1-2H3,(H,23,27)(H2,24,25,26). The van der Waals surface area contributed by atoms with E-state index < -0.39 is 0 Å². The third-order valence-corrected chi connectivity index (χ3v) is 5.03. The third kappa shape index (κ3) is 5.33. The minimum absolute atomic E-state index is 0.0558. The van der Waals surface area contributed by atoms with Crippen LogP contribution in [0.5, 0.6) is 0 Å². The lowest BCUT2D eigenvalue weighted by atomic mass is 10.1. The topological polar surface area (TPSA) is 65.5 Å². The van der Waals surface area contributed by atoms with E-state index in [9.17, 15) is 4.79 Å².